The standard InChI is InChI=1S/C40H42N4O2/c1-41-20-17-39(29-9-4-3-5-10-29)46-28-35-25-34(24-31-16-22-43-26-37(31)35)30-11-6-12-32(23-30)40(18-21-42-2)45-27-33-13-7-15-38-36(33)14-8-19-44-38/h3-16,19,22-26,39-42H,17-18,20-21,27-28H2,1-2H3. The molecule has 2 N–H and O–H groups in total. The Hall–Kier alpha value is -4.46. The highest BCUT2D eigenvalue weighted by molar-refractivity contribution is 5.89. The van der Waals surface area contributed by atoms with E-state index >= 15 is 0 Å². The number of pyridine rings is 2. The Labute approximate surface area is 271 Å². The number of rotatable bonds is 15. The molecule has 0 saturated heterocycles. The lowest BCUT2D eigenvalue weighted by atomic mass is 9.95. The van der Waals surface area contributed by atoms with E-state index < -0.39 is 0 Å². The predicted octanol–water partition coefficient (Wildman–Crippen LogP) is 8.18. The molecule has 4 aromatic carbocycles. The largest absolute Gasteiger partial charge is 0.369 e. The number of nitrogens with zero attached hydrogens (tertiary/aromatic N) is 2. The van der Waals surface area contributed by atoms with Gasteiger partial charge in [0, 0.05) is 29.4 Å². The molecule has 6 aromatic rings. The van der Waals surface area contributed by atoms with E-state index in [1.165, 1.54) is 5.56 Å². The summed E-state index contributed by atoms with van der Waals surface area (Å²) >= 11 is 0. The van der Waals surface area contributed by atoms with Crippen LogP contribution in [0.4, 0.5) is 0 Å². The van der Waals surface area contributed by atoms with Gasteiger partial charge < -0.3 is 20.1 Å². The summed E-state index contributed by atoms with van der Waals surface area (Å²) in [5.41, 5.74) is 7.92. The van der Waals surface area contributed by atoms with Crippen LogP contribution in [0.2, 0.25) is 0 Å². The van der Waals surface area contributed by atoms with Crippen LogP contribution in [0.25, 0.3) is 32.8 Å². The third kappa shape index (κ3) is 7.66. The van der Waals surface area contributed by atoms with Crippen molar-refractivity contribution in [2.24, 2.45) is 0 Å². The molecular formula is C40H42N4O2. The quantitative estimate of drug-likeness (QED) is 0.122. The van der Waals surface area contributed by atoms with Gasteiger partial charge in [0.05, 0.1) is 30.9 Å². The molecule has 234 valence electrons. The summed E-state index contributed by atoms with van der Waals surface area (Å²) in [4.78, 5) is 8.97. The maximum absolute atomic E-state index is 6.65. The van der Waals surface area contributed by atoms with Crippen LogP contribution in [0.5, 0.6) is 0 Å². The first-order valence-electron chi connectivity index (χ1n) is 16.1. The highest BCUT2D eigenvalue weighted by Crippen LogP contribution is 2.33. The summed E-state index contributed by atoms with van der Waals surface area (Å²) in [6.45, 7) is 2.74. The molecule has 6 nitrogen and oxygen atoms in total. The predicted molar refractivity (Wildman–Crippen MR) is 188 cm³/mol. The first kappa shape index (κ1) is 31.5. The van der Waals surface area contributed by atoms with Crippen LogP contribution in [-0.2, 0) is 22.7 Å². The van der Waals surface area contributed by atoms with Crippen LogP contribution in [0.1, 0.15) is 47.3 Å². The summed E-state index contributed by atoms with van der Waals surface area (Å²) in [6.07, 6.45) is 7.32. The van der Waals surface area contributed by atoms with Crippen LogP contribution in [0.15, 0.2) is 122 Å². The summed E-state index contributed by atoms with van der Waals surface area (Å²) in [6, 6.07) is 36.2. The average Bonchev–Trinajstić information content (AvgIpc) is 3.12. The molecule has 0 bridgehead atoms. The van der Waals surface area contributed by atoms with E-state index in [0.29, 0.717) is 13.2 Å². The van der Waals surface area contributed by atoms with Gasteiger partial charge in [0.1, 0.15) is 0 Å². The minimum Gasteiger partial charge on any atom is -0.369 e. The van der Waals surface area contributed by atoms with Gasteiger partial charge in [0.15, 0.2) is 0 Å². The second kappa shape index (κ2) is 15.7. The van der Waals surface area contributed by atoms with Crippen LogP contribution >= 0.6 is 0 Å². The summed E-state index contributed by atoms with van der Waals surface area (Å²) < 4.78 is 13.3. The van der Waals surface area contributed by atoms with E-state index in [1.54, 1.807) is 0 Å². The molecule has 6 rings (SSSR count). The first-order valence-corrected chi connectivity index (χ1v) is 16.1. The maximum atomic E-state index is 6.65. The van der Waals surface area contributed by atoms with Crippen molar-refractivity contribution >= 4 is 21.7 Å². The van der Waals surface area contributed by atoms with Crippen LogP contribution in [-0.4, -0.2) is 37.2 Å². The fourth-order valence-corrected chi connectivity index (χ4v) is 6.06. The molecule has 2 heterocycles. The van der Waals surface area contributed by atoms with E-state index in [1.807, 2.05) is 50.9 Å². The SMILES string of the molecule is CNCCC(OCc1cc(-c2cccc(C(CCNC)OCc3cccc4ncccc34)c2)cc2ccncc12)c1ccccc1. The van der Waals surface area contributed by atoms with Crippen molar-refractivity contribution in [1.82, 2.24) is 20.6 Å². The molecule has 0 amide bonds. The molecule has 2 atom stereocenters. The van der Waals surface area contributed by atoms with Crippen LogP contribution < -0.4 is 10.6 Å². The molecule has 2 unspecified atom stereocenters. The Morgan fingerprint density at radius 3 is 2.15 bits per heavy atom. The number of benzene rings is 4. The summed E-state index contributed by atoms with van der Waals surface area (Å²) in [5.74, 6) is 0. The molecule has 2 aromatic heterocycles. The van der Waals surface area contributed by atoms with E-state index in [-0.39, 0.29) is 12.2 Å². The van der Waals surface area contributed by atoms with Gasteiger partial charge in [-0.25, -0.2) is 0 Å². The van der Waals surface area contributed by atoms with Gasteiger partial charge in [0.25, 0.3) is 0 Å². The smallest absolute Gasteiger partial charge is 0.0841 e. The zero-order valence-electron chi connectivity index (χ0n) is 26.7. The topological polar surface area (TPSA) is 68.3 Å². The van der Waals surface area contributed by atoms with Crippen molar-refractivity contribution in [2.45, 2.75) is 38.3 Å². The molecule has 0 spiro atoms. The van der Waals surface area contributed by atoms with Crippen molar-refractivity contribution in [3.05, 3.63) is 144 Å². The van der Waals surface area contributed by atoms with Crippen molar-refractivity contribution in [2.75, 3.05) is 27.2 Å². The van der Waals surface area contributed by atoms with Crippen molar-refractivity contribution in [1.29, 1.82) is 0 Å². The van der Waals surface area contributed by atoms with Crippen molar-refractivity contribution in [3.63, 3.8) is 0 Å². The highest BCUT2D eigenvalue weighted by atomic mass is 16.5. The van der Waals surface area contributed by atoms with Gasteiger partial charge in [-0.05, 0) is 115 Å². The molecule has 0 aliphatic rings. The lowest BCUT2D eigenvalue weighted by Crippen LogP contribution is -2.14. The maximum Gasteiger partial charge on any atom is 0.0841 e. The molecular weight excluding hydrogens is 568 g/mol. The van der Waals surface area contributed by atoms with E-state index in [2.05, 4.69) is 106 Å². The third-order valence-electron chi connectivity index (χ3n) is 8.53. The third-order valence-corrected chi connectivity index (χ3v) is 8.53. The van der Waals surface area contributed by atoms with E-state index in [9.17, 15) is 0 Å². The fourth-order valence-electron chi connectivity index (χ4n) is 6.06. The van der Waals surface area contributed by atoms with E-state index in [4.69, 9.17) is 9.47 Å². The van der Waals surface area contributed by atoms with Gasteiger partial charge in [-0.3, -0.25) is 9.97 Å². The number of fused-ring (bicyclic) bond motifs is 2. The molecule has 46 heavy (non-hydrogen) atoms. The Kier molecular flexibility index (Phi) is 10.8. The Morgan fingerprint density at radius 1 is 0.609 bits per heavy atom. The normalized spacial score (nSPS) is 12.8. The highest BCUT2D eigenvalue weighted by Gasteiger charge is 2.17. The second-order valence-electron chi connectivity index (χ2n) is 11.6. The number of ether oxygens (including phenoxy) is 2. The summed E-state index contributed by atoms with van der Waals surface area (Å²) in [5, 5.41) is 9.97. The number of hydrogen-bond acceptors (Lipinski definition) is 6. The summed E-state index contributed by atoms with van der Waals surface area (Å²) in [7, 11) is 3.97. The minimum absolute atomic E-state index is 0.00467. The second-order valence-corrected chi connectivity index (χ2v) is 11.6. The number of aromatic nitrogens is 2. The van der Waals surface area contributed by atoms with Gasteiger partial charge in [-0.2, -0.15) is 0 Å². The molecule has 6 heteroatoms. The van der Waals surface area contributed by atoms with Crippen molar-refractivity contribution in [3.8, 4) is 11.1 Å². The van der Waals surface area contributed by atoms with Gasteiger partial charge >= 0.3 is 0 Å². The lowest BCUT2D eigenvalue weighted by Gasteiger charge is -2.21. The number of nitrogens with one attached hydrogen (secondary N) is 2. The first-order chi connectivity index (χ1) is 22.7. The molecule has 0 radical (unpaired) electrons. The monoisotopic (exact) mass is 610 g/mol. The van der Waals surface area contributed by atoms with Gasteiger partial charge in [-0.1, -0.05) is 66.7 Å². The fraction of sp³-hybridized carbons (Fsp3) is 0.250. The Morgan fingerprint density at radius 2 is 1.35 bits per heavy atom. The van der Waals surface area contributed by atoms with Gasteiger partial charge in [0.2, 0.25) is 0 Å². The zero-order chi connectivity index (χ0) is 31.6. The van der Waals surface area contributed by atoms with E-state index in [0.717, 1.165) is 75.4 Å². The number of hydrogen-bond donors (Lipinski definition) is 2. The van der Waals surface area contributed by atoms with Crippen molar-refractivity contribution < 1.29 is 9.47 Å². The average molecular weight is 611 g/mol. The van der Waals surface area contributed by atoms with Crippen LogP contribution in [0, 0.1) is 0 Å². The molecule has 0 saturated carbocycles. The molecule has 0 aliphatic heterocycles. The van der Waals surface area contributed by atoms with Crippen LogP contribution in [0.3, 0.4) is 0 Å². The zero-order valence-corrected chi connectivity index (χ0v) is 26.7. The Bertz CT molecular complexity index is 1850. The molecule has 0 fully saturated rings. The molecule has 0 aliphatic carbocycles. The lowest BCUT2D eigenvalue weighted by molar-refractivity contribution is 0.0349. The minimum atomic E-state index is -0.0643. The Balaban J connectivity index is 1.28. The van der Waals surface area contributed by atoms with Gasteiger partial charge in [-0.15, -0.1) is 0 Å².